The third-order valence-corrected chi connectivity index (χ3v) is 2.28. The molecule has 0 aromatic heterocycles. The third-order valence-electron chi connectivity index (χ3n) is 1.43. The third kappa shape index (κ3) is 2.21. The zero-order chi connectivity index (χ0) is 10.7. The summed E-state index contributed by atoms with van der Waals surface area (Å²) in [7, 11) is 0. The van der Waals surface area contributed by atoms with Crippen molar-refractivity contribution in [3.63, 3.8) is 0 Å². The normalized spacial score (nSPS) is 9.57. The van der Waals surface area contributed by atoms with Crippen LogP contribution < -0.4 is 5.32 Å². The van der Waals surface area contributed by atoms with Crippen molar-refractivity contribution < 1.29 is 9.72 Å². The summed E-state index contributed by atoms with van der Waals surface area (Å²) in [5.41, 5.74) is -0.161. The van der Waals surface area contributed by atoms with E-state index in [0.717, 1.165) is 6.07 Å². The molecule has 0 fully saturated rings. The largest absolute Gasteiger partial charge is 0.322 e. The van der Waals surface area contributed by atoms with Gasteiger partial charge in [-0.15, -0.1) is 0 Å². The summed E-state index contributed by atoms with van der Waals surface area (Å²) >= 11 is 8.67. The Bertz CT molecular complexity index is 397. The second kappa shape index (κ2) is 4.39. The van der Waals surface area contributed by atoms with Gasteiger partial charge in [-0.2, -0.15) is 0 Å². The van der Waals surface area contributed by atoms with E-state index >= 15 is 0 Å². The van der Waals surface area contributed by atoms with Gasteiger partial charge in [0.05, 0.1) is 4.92 Å². The molecule has 5 nitrogen and oxygen atoms in total. The highest BCUT2D eigenvalue weighted by Crippen LogP contribution is 2.35. The lowest BCUT2D eigenvalue weighted by atomic mass is 10.3. The highest BCUT2D eigenvalue weighted by Gasteiger charge is 2.17. The summed E-state index contributed by atoms with van der Waals surface area (Å²) in [6, 6.07) is 2.62. The standard InChI is InChI=1S/C7H4BrClN2O3/c8-5-1-4(9)2-6(11(13)14)7(5)10-3-12/h1-3H,(H,10,12). The molecule has 1 N–H and O–H groups in total. The SMILES string of the molecule is O=CNc1c(Br)cc(Cl)cc1[N+](=O)[O-]. The van der Waals surface area contributed by atoms with Gasteiger partial charge in [-0.25, -0.2) is 0 Å². The van der Waals surface area contributed by atoms with Crippen molar-refractivity contribution in [3.05, 3.63) is 31.7 Å². The molecule has 0 atom stereocenters. The van der Waals surface area contributed by atoms with Gasteiger partial charge >= 0.3 is 0 Å². The summed E-state index contributed by atoms with van der Waals surface area (Å²) in [4.78, 5) is 20.1. The number of hydrogen-bond donors (Lipinski definition) is 1. The molecule has 0 aliphatic rings. The predicted molar refractivity (Wildman–Crippen MR) is 55.5 cm³/mol. The van der Waals surface area contributed by atoms with Crippen LogP contribution in [0.2, 0.25) is 5.02 Å². The van der Waals surface area contributed by atoms with Crippen molar-refractivity contribution in [1.29, 1.82) is 0 Å². The molecule has 1 rings (SSSR count). The molecule has 7 heteroatoms. The zero-order valence-electron chi connectivity index (χ0n) is 6.66. The number of nitrogens with zero attached hydrogens (tertiary/aromatic N) is 1. The molecule has 74 valence electrons. The number of nitro groups is 1. The van der Waals surface area contributed by atoms with Gasteiger partial charge in [0.15, 0.2) is 0 Å². The van der Waals surface area contributed by atoms with Crippen LogP contribution in [0.5, 0.6) is 0 Å². The summed E-state index contributed by atoms with van der Waals surface area (Å²) in [5, 5.41) is 13.0. The van der Waals surface area contributed by atoms with E-state index in [-0.39, 0.29) is 16.4 Å². The molecule has 0 aliphatic carbocycles. The second-order valence-electron chi connectivity index (χ2n) is 2.30. The first-order valence-electron chi connectivity index (χ1n) is 3.40. The van der Waals surface area contributed by atoms with E-state index in [0.29, 0.717) is 10.9 Å². The van der Waals surface area contributed by atoms with Gasteiger partial charge in [0.25, 0.3) is 5.69 Å². The minimum atomic E-state index is -0.623. The molecule has 0 aliphatic heterocycles. The lowest BCUT2D eigenvalue weighted by Gasteiger charge is -2.03. The molecule has 14 heavy (non-hydrogen) atoms. The Labute approximate surface area is 92.3 Å². The molecule has 1 aromatic carbocycles. The predicted octanol–water partition coefficient (Wildman–Crippen LogP) is 2.58. The molecule has 0 unspecified atom stereocenters. The molecule has 0 bridgehead atoms. The minimum absolute atomic E-state index is 0.0920. The first kappa shape index (κ1) is 10.9. The molecule has 0 saturated heterocycles. The monoisotopic (exact) mass is 278 g/mol. The average Bonchev–Trinajstić information content (AvgIpc) is 2.09. The van der Waals surface area contributed by atoms with E-state index < -0.39 is 4.92 Å². The van der Waals surface area contributed by atoms with E-state index in [4.69, 9.17) is 11.6 Å². The van der Waals surface area contributed by atoms with Crippen LogP contribution in [-0.4, -0.2) is 11.3 Å². The summed E-state index contributed by atoms with van der Waals surface area (Å²) in [5.74, 6) is 0. The van der Waals surface area contributed by atoms with Gasteiger partial charge in [0, 0.05) is 15.6 Å². The van der Waals surface area contributed by atoms with Gasteiger partial charge in [-0.3, -0.25) is 14.9 Å². The van der Waals surface area contributed by atoms with Crippen LogP contribution in [0.15, 0.2) is 16.6 Å². The van der Waals surface area contributed by atoms with Crippen molar-refractivity contribution in [2.45, 2.75) is 0 Å². The zero-order valence-corrected chi connectivity index (χ0v) is 9.00. The number of amides is 1. The maximum Gasteiger partial charge on any atom is 0.295 e. The first-order chi connectivity index (χ1) is 6.56. The fourth-order valence-corrected chi connectivity index (χ4v) is 1.81. The maximum atomic E-state index is 10.6. The number of nitro benzene ring substituents is 1. The van der Waals surface area contributed by atoms with Crippen LogP contribution in [-0.2, 0) is 4.79 Å². The molecule has 1 amide bonds. The van der Waals surface area contributed by atoms with E-state index in [1.54, 1.807) is 0 Å². The van der Waals surface area contributed by atoms with Gasteiger partial charge < -0.3 is 5.32 Å². The van der Waals surface area contributed by atoms with Crippen molar-refractivity contribution in [1.82, 2.24) is 0 Å². The lowest BCUT2D eigenvalue weighted by molar-refractivity contribution is -0.384. The molecular weight excluding hydrogens is 275 g/mol. The molecule has 0 spiro atoms. The smallest absolute Gasteiger partial charge is 0.295 e. The number of nitrogens with one attached hydrogen (secondary N) is 1. The van der Waals surface area contributed by atoms with E-state index in [2.05, 4.69) is 21.2 Å². The van der Waals surface area contributed by atoms with Gasteiger partial charge in [0.2, 0.25) is 6.41 Å². The number of carbonyl (C=O) groups is 1. The Morgan fingerprint density at radius 2 is 2.21 bits per heavy atom. The van der Waals surface area contributed by atoms with Gasteiger partial charge in [-0.1, -0.05) is 11.6 Å². The van der Waals surface area contributed by atoms with Crippen LogP contribution >= 0.6 is 27.5 Å². The minimum Gasteiger partial charge on any atom is -0.322 e. The van der Waals surface area contributed by atoms with E-state index in [1.807, 2.05) is 0 Å². The Hall–Kier alpha value is -1.14. The average molecular weight is 279 g/mol. The Balaban J connectivity index is 3.35. The number of anilines is 1. The van der Waals surface area contributed by atoms with Crippen molar-refractivity contribution in [2.24, 2.45) is 0 Å². The highest BCUT2D eigenvalue weighted by molar-refractivity contribution is 9.10. The number of carbonyl (C=O) groups excluding carboxylic acids is 1. The van der Waals surface area contributed by atoms with E-state index in [1.165, 1.54) is 6.07 Å². The van der Waals surface area contributed by atoms with Crippen LogP contribution in [0.4, 0.5) is 11.4 Å². The number of rotatable bonds is 3. The van der Waals surface area contributed by atoms with Crippen molar-refractivity contribution >= 4 is 45.3 Å². The van der Waals surface area contributed by atoms with Crippen LogP contribution in [0.1, 0.15) is 0 Å². The van der Waals surface area contributed by atoms with Crippen molar-refractivity contribution in [2.75, 3.05) is 5.32 Å². The Morgan fingerprint density at radius 3 is 2.71 bits per heavy atom. The summed E-state index contributed by atoms with van der Waals surface area (Å²) in [6.07, 6.45) is 0.362. The maximum absolute atomic E-state index is 10.6. The Morgan fingerprint density at radius 1 is 1.57 bits per heavy atom. The number of halogens is 2. The molecule has 1 aromatic rings. The first-order valence-corrected chi connectivity index (χ1v) is 4.57. The fourth-order valence-electron chi connectivity index (χ4n) is 0.906. The lowest BCUT2D eigenvalue weighted by Crippen LogP contribution is -2.00. The highest BCUT2D eigenvalue weighted by atomic mass is 79.9. The van der Waals surface area contributed by atoms with Crippen LogP contribution in [0.3, 0.4) is 0 Å². The van der Waals surface area contributed by atoms with Crippen molar-refractivity contribution in [3.8, 4) is 0 Å². The van der Waals surface area contributed by atoms with Gasteiger partial charge in [-0.05, 0) is 22.0 Å². The molecule has 0 radical (unpaired) electrons. The summed E-state index contributed by atoms with van der Waals surface area (Å²) < 4.78 is 0.365. The van der Waals surface area contributed by atoms with Crippen LogP contribution in [0.25, 0.3) is 0 Å². The van der Waals surface area contributed by atoms with E-state index in [9.17, 15) is 14.9 Å². The molecule has 0 saturated carbocycles. The topological polar surface area (TPSA) is 72.2 Å². The number of benzene rings is 1. The summed E-state index contributed by atoms with van der Waals surface area (Å²) in [6.45, 7) is 0. The second-order valence-corrected chi connectivity index (χ2v) is 3.59. The fraction of sp³-hybridized carbons (Fsp3) is 0. The van der Waals surface area contributed by atoms with Crippen LogP contribution in [0, 0.1) is 10.1 Å². The van der Waals surface area contributed by atoms with Gasteiger partial charge in [0.1, 0.15) is 5.69 Å². The molecular formula is C7H4BrClN2O3. The quantitative estimate of drug-likeness (QED) is 0.525. The number of hydrogen-bond acceptors (Lipinski definition) is 3. The Kier molecular flexibility index (Phi) is 3.43. The molecule has 0 heterocycles.